The van der Waals surface area contributed by atoms with Crippen molar-refractivity contribution in [3.8, 4) is 11.3 Å². The van der Waals surface area contributed by atoms with E-state index in [1.807, 2.05) is 61.5 Å². The number of piperidine rings is 1. The standard InChI is InChI=1S/C23H23BrN4O/c1-16-12-19(9-10-20(16)24)27-23(29)18-8-5-11-28(14-18)22-13-21(25-15-26-22)17-6-3-2-4-7-17/h2-4,6-7,9-10,12-13,15,18H,5,8,11,14H2,1H3,(H,27,29). The fourth-order valence-electron chi connectivity index (χ4n) is 3.65. The molecule has 4 rings (SSSR count). The van der Waals surface area contributed by atoms with E-state index in [4.69, 9.17) is 0 Å². The van der Waals surface area contributed by atoms with Crippen LogP contribution in [0.2, 0.25) is 0 Å². The summed E-state index contributed by atoms with van der Waals surface area (Å²) in [6.07, 6.45) is 3.45. The van der Waals surface area contributed by atoms with Gasteiger partial charge in [-0.2, -0.15) is 0 Å². The second kappa shape index (κ2) is 8.74. The largest absolute Gasteiger partial charge is 0.356 e. The molecule has 0 saturated carbocycles. The van der Waals surface area contributed by atoms with Gasteiger partial charge in [-0.25, -0.2) is 9.97 Å². The Morgan fingerprint density at radius 2 is 1.97 bits per heavy atom. The van der Waals surface area contributed by atoms with Gasteiger partial charge in [0.15, 0.2) is 0 Å². The average molecular weight is 451 g/mol. The Hall–Kier alpha value is -2.73. The third-order valence-corrected chi connectivity index (χ3v) is 6.15. The first-order chi connectivity index (χ1) is 14.1. The molecule has 29 heavy (non-hydrogen) atoms. The third kappa shape index (κ3) is 4.65. The molecular formula is C23H23BrN4O. The SMILES string of the molecule is Cc1cc(NC(=O)C2CCCN(c3cc(-c4ccccc4)ncn3)C2)ccc1Br. The summed E-state index contributed by atoms with van der Waals surface area (Å²) in [5.41, 5.74) is 3.89. The molecule has 148 valence electrons. The maximum Gasteiger partial charge on any atom is 0.229 e. The lowest BCUT2D eigenvalue weighted by Crippen LogP contribution is -2.41. The van der Waals surface area contributed by atoms with Crippen LogP contribution in [0.1, 0.15) is 18.4 Å². The molecular weight excluding hydrogens is 428 g/mol. The minimum atomic E-state index is -0.0668. The van der Waals surface area contributed by atoms with Crippen LogP contribution in [0, 0.1) is 12.8 Å². The molecule has 1 atom stereocenters. The summed E-state index contributed by atoms with van der Waals surface area (Å²) >= 11 is 3.50. The van der Waals surface area contributed by atoms with Crippen molar-refractivity contribution in [2.45, 2.75) is 19.8 Å². The molecule has 0 radical (unpaired) electrons. The molecule has 1 saturated heterocycles. The Morgan fingerprint density at radius 3 is 2.76 bits per heavy atom. The van der Waals surface area contributed by atoms with Crippen LogP contribution in [-0.2, 0) is 4.79 Å². The number of halogens is 1. The van der Waals surface area contributed by atoms with Crippen LogP contribution in [-0.4, -0.2) is 29.0 Å². The van der Waals surface area contributed by atoms with Gasteiger partial charge in [0.1, 0.15) is 12.1 Å². The van der Waals surface area contributed by atoms with Crippen molar-refractivity contribution in [2.24, 2.45) is 5.92 Å². The number of carbonyl (C=O) groups excluding carboxylic acids is 1. The van der Waals surface area contributed by atoms with E-state index in [0.29, 0.717) is 6.54 Å². The Labute approximate surface area is 179 Å². The van der Waals surface area contributed by atoms with Gasteiger partial charge in [0, 0.05) is 34.9 Å². The summed E-state index contributed by atoms with van der Waals surface area (Å²) < 4.78 is 1.04. The molecule has 0 spiro atoms. The molecule has 1 aliphatic heterocycles. The summed E-state index contributed by atoms with van der Waals surface area (Å²) in [5, 5.41) is 3.07. The quantitative estimate of drug-likeness (QED) is 0.602. The number of hydrogen-bond acceptors (Lipinski definition) is 4. The van der Waals surface area contributed by atoms with E-state index in [0.717, 1.165) is 52.2 Å². The number of nitrogens with zero attached hydrogens (tertiary/aromatic N) is 3. The number of rotatable bonds is 4. The Morgan fingerprint density at radius 1 is 1.14 bits per heavy atom. The second-order valence-electron chi connectivity index (χ2n) is 7.37. The zero-order chi connectivity index (χ0) is 20.2. The van der Waals surface area contributed by atoms with Gasteiger partial charge in [-0.3, -0.25) is 4.79 Å². The molecule has 1 N–H and O–H groups in total. The normalized spacial score (nSPS) is 16.5. The van der Waals surface area contributed by atoms with Crippen molar-refractivity contribution >= 4 is 33.3 Å². The Bertz CT molecular complexity index is 1010. The van der Waals surface area contributed by atoms with E-state index < -0.39 is 0 Å². The Balaban J connectivity index is 1.47. The smallest absolute Gasteiger partial charge is 0.229 e. The molecule has 0 aliphatic carbocycles. The average Bonchev–Trinajstić information content (AvgIpc) is 2.77. The van der Waals surface area contributed by atoms with Crippen LogP contribution >= 0.6 is 15.9 Å². The van der Waals surface area contributed by atoms with E-state index in [2.05, 4.69) is 36.1 Å². The summed E-state index contributed by atoms with van der Waals surface area (Å²) in [6.45, 7) is 3.57. The van der Waals surface area contributed by atoms with E-state index >= 15 is 0 Å². The number of benzene rings is 2. The van der Waals surface area contributed by atoms with Gasteiger partial charge in [0.05, 0.1) is 11.6 Å². The fourth-order valence-corrected chi connectivity index (χ4v) is 3.90. The fraction of sp³-hybridized carbons (Fsp3) is 0.261. The molecule has 0 bridgehead atoms. The molecule has 6 heteroatoms. The topological polar surface area (TPSA) is 58.1 Å². The molecule has 1 fully saturated rings. The number of nitrogens with one attached hydrogen (secondary N) is 1. The van der Waals surface area contributed by atoms with Gasteiger partial charge in [-0.1, -0.05) is 46.3 Å². The van der Waals surface area contributed by atoms with E-state index in [1.165, 1.54) is 0 Å². The summed E-state index contributed by atoms with van der Waals surface area (Å²) in [5.74, 6) is 0.868. The first-order valence-corrected chi connectivity index (χ1v) is 10.6. The van der Waals surface area contributed by atoms with Crippen molar-refractivity contribution in [2.75, 3.05) is 23.3 Å². The number of hydrogen-bond donors (Lipinski definition) is 1. The summed E-state index contributed by atoms with van der Waals surface area (Å²) in [4.78, 5) is 23.9. The molecule has 3 aromatic rings. The number of amides is 1. The number of anilines is 2. The van der Waals surface area contributed by atoms with Crippen LogP contribution in [0.3, 0.4) is 0 Å². The van der Waals surface area contributed by atoms with Crippen LogP contribution in [0.5, 0.6) is 0 Å². The lowest BCUT2D eigenvalue weighted by molar-refractivity contribution is -0.120. The highest BCUT2D eigenvalue weighted by Crippen LogP contribution is 2.26. The summed E-state index contributed by atoms with van der Waals surface area (Å²) in [6, 6.07) is 18.0. The predicted molar refractivity (Wildman–Crippen MR) is 120 cm³/mol. The van der Waals surface area contributed by atoms with Crippen molar-refractivity contribution in [1.29, 1.82) is 0 Å². The molecule has 1 amide bonds. The van der Waals surface area contributed by atoms with Crippen molar-refractivity contribution in [3.63, 3.8) is 0 Å². The summed E-state index contributed by atoms with van der Waals surface area (Å²) in [7, 11) is 0. The van der Waals surface area contributed by atoms with E-state index in [-0.39, 0.29) is 11.8 Å². The first-order valence-electron chi connectivity index (χ1n) is 9.79. The first kappa shape index (κ1) is 19.6. The highest BCUT2D eigenvalue weighted by atomic mass is 79.9. The maximum atomic E-state index is 12.8. The maximum absolute atomic E-state index is 12.8. The molecule has 2 aromatic carbocycles. The minimum Gasteiger partial charge on any atom is -0.356 e. The highest BCUT2D eigenvalue weighted by Gasteiger charge is 2.27. The minimum absolute atomic E-state index is 0.0637. The van der Waals surface area contributed by atoms with Gasteiger partial charge >= 0.3 is 0 Å². The third-order valence-electron chi connectivity index (χ3n) is 5.26. The van der Waals surface area contributed by atoms with Crippen molar-refractivity contribution in [3.05, 3.63) is 71.0 Å². The van der Waals surface area contributed by atoms with E-state index in [9.17, 15) is 4.79 Å². The number of aryl methyl sites for hydroxylation is 1. The van der Waals surface area contributed by atoms with Crippen LogP contribution in [0.25, 0.3) is 11.3 Å². The number of carbonyl (C=O) groups is 1. The number of aromatic nitrogens is 2. The molecule has 1 unspecified atom stereocenters. The van der Waals surface area contributed by atoms with E-state index in [1.54, 1.807) is 6.33 Å². The lowest BCUT2D eigenvalue weighted by Gasteiger charge is -2.33. The van der Waals surface area contributed by atoms with Crippen LogP contribution in [0.4, 0.5) is 11.5 Å². The van der Waals surface area contributed by atoms with Gasteiger partial charge in [0.2, 0.25) is 5.91 Å². The predicted octanol–water partition coefficient (Wildman–Crippen LogP) is 5.07. The van der Waals surface area contributed by atoms with Gasteiger partial charge in [-0.15, -0.1) is 0 Å². The van der Waals surface area contributed by atoms with Gasteiger partial charge in [-0.05, 0) is 43.5 Å². The molecule has 2 heterocycles. The lowest BCUT2D eigenvalue weighted by atomic mass is 9.97. The van der Waals surface area contributed by atoms with Crippen LogP contribution < -0.4 is 10.2 Å². The zero-order valence-corrected chi connectivity index (χ0v) is 17.9. The zero-order valence-electron chi connectivity index (χ0n) is 16.3. The van der Waals surface area contributed by atoms with Gasteiger partial charge < -0.3 is 10.2 Å². The van der Waals surface area contributed by atoms with Gasteiger partial charge in [0.25, 0.3) is 0 Å². The molecule has 1 aromatic heterocycles. The monoisotopic (exact) mass is 450 g/mol. The molecule has 5 nitrogen and oxygen atoms in total. The van der Waals surface area contributed by atoms with Crippen LogP contribution in [0.15, 0.2) is 65.4 Å². The highest BCUT2D eigenvalue weighted by molar-refractivity contribution is 9.10. The van der Waals surface area contributed by atoms with Crippen molar-refractivity contribution in [1.82, 2.24) is 9.97 Å². The van der Waals surface area contributed by atoms with Crippen molar-refractivity contribution < 1.29 is 4.79 Å². The second-order valence-corrected chi connectivity index (χ2v) is 8.22. The molecule has 1 aliphatic rings. The Kier molecular flexibility index (Phi) is 5.90.